The largest absolute Gasteiger partial charge is 0.383 e. The second kappa shape index (κ2) is 4.96. The van der Waals surface area contributed by atoms with Gasteiger partial charge in [-0.2, -0.15) is 0 Å². The van der Waals surface area contributed by atoms with Gasteiger partial charge in [-0.15, -0.1) is 11.3 Å². The lowest BCUT2D eigenvalue weighted by atomic mass is 10.1. The fourth-order valence-corrected chi connectivity index (χ4v) is 3.21. The monoisotopic (exact) mass is 290 g/mol. The molecule has 4 heteroatoms. The molecular formula is C16H12F2OS. The molecule has 1 atom stereocenters. The zero-order chi connectivity index (χ0) is 14.3. The number of aliphatic hydroxyl groups excluding tert-OH is 1. The molecule has 1 nitrogen and oxygen atoms in total. The quantitative estimate of drug-likeness (QED) is 0.733. The SMILES string of the molecule is Cc1ccc(C(O)c2cc3ccc(F)cc3s2)cc1F. The lowest BCUT2D eigenvalue weighted by Gasteiger charge is -2.09. The van der Waals surface area contributed by atoms with Crippen LogP contribution in [0.5, 0.6) is 0 Å². The van der Waals surface area contributed by atoms with Crippen molar-refractivity contribution in [1.29, 1.82) is 0 Å². The van der Waals surface area contributed by atoms with E-state index in [4.69, 9.17) is 0 Å². The Morgan fingerprint density at radius 1 is 1.05 bits per heavy atom. The van der Waals surface area contributed by atoms with Crippen LogP contribution in [0.3, 0.4) is 0 Å². The molecule has 3 aromatic rings. The summed E-state index contributed by atoms with van der Waals surface area (Å²) in [5, 5.41) is 11.2. The molecular weight excluding hydrogens is 278 g/mol. The van der Waals surface area contributed by atoms with Crippen LogP contribution < -0.4 is 0 Å². The summed E-state index contributed by atoms with van der Waals surface area (Å²) in [5.74, 6) is -0.643. The maximum atomic E-state index is 13.6. The molecule has 0 spiro atoms. The van der Waals surface area contributed by atoms with Crippen molar-refractivity contribution >= 4 is 21.4 Å². The molecule has 1 aromatic heterocycles. The standard InChI is InChI=1S/C16H12F2OS/c1-9-2-3-11(6-13(9)18)16(19)15-7-10-4-5-12(17)8-14(10)20-15/h2-8,16,19H,1H3. The molecule has 20 heavy (non-hydrogen) atoms. The molecule has 0 saturated carbocycles. The summed E-state index contributed by atoms with van der Waals surface area (Å²) in [6.45, 7) is 1.67. The molecule has 1 unspecified atom stereocenters. The van der Waals surface area contributed by atoms with E-state index in [1.165, 1.54) is 29.5 Å². The van der Waals surface area contributed by atoms with Gasteiger partial charge >= 0.3 is 0 Å². The van der Waals surface area contributed by atoms with Crippen molar-refractivity contribution in [1.82, 2.24) is 0 Å². The molecule has 1 N–H and O–H groups in total. The Labute approximate surface area is 119 Å². The molecule has 1 heterocycles. The fourth-order valence-electron chi connectivity index (χ4n) is 2.10. The summed E-state index contributed by atoms with van der Waals surface area (Å²) in [6.07, 6.45) is -0.898. The average Bonchev–Trinajstić information content (AvgIpc) is 2.84. The second-order valence-electron chi connectivity index (χ2n) is 4.74. The van der Waals surface area contributed by atoms with E-state index >= 15 is 0 Å². The molecule has 0 radical (unpaired) electrons. The van der Waals surface area contributed by atoms with Gasteiger partial charge in [0.1, 0.15) is 17.7 Å². The highest BCUT2D eigenvalue weighted by Crippen LogP contribution is 2.33. The van der Waals surface area contributed by atoms with Crippen LogP contribution in [0, 0.1) is 18.6 Å². The maximum absolute atomic E-state index is 13.6. The number of hydrogen-bond donors (Lipinski definition) is 1. The van der Waals surface area contributed by atoms with Crippen LogP contribution in [-0.4, -0.2) is 5.11 Å². The number of benzene rings is 2. The van der Waals surface area contributed by atoms with Crippen molar-refractivity contribution in [2.24, 2.45) is 0 Å². The Morgan fingerprint density at radius 2 is 1.85 bits per heavy atom. The van der Waals surface area contributed by atoms with E-state index in [-0.39, 0.29) is 11.6 Å². The number of aliphatic hydroxyl groups is 1. The molecule has 2 aromatic carbocycles. The minimum absolute atomic E-state index is 0.304. The van der Waals surface area contributed by atoms with Crippen LogP contribution in [0.15, 0.2) is 42.5 Å². The van der Waals surface area contributed by atoms with E-state index in [9.17, 15) is 13.9 Å². The number of rotatable bonds is 2. The first kappa shape index (κ1) is 13.2. The van der Waals surface area contributed by atoms with E-state index in [2.05, 4.69) is 0 Å². The third-order valence-corrected chi connectivity index (χ3v) is 4.43. The third-order valence-electron chi connectivity index (χ3n) is 3.28. The van der Waals surface area contributed by atoms with Gasteiger partial charge in [0, 0.05) is 9.58 Å². The topological polar surface area (TPSA) is 20.2 Å². The van der Waals surface area contributed by atoms with Crippen molar-refractivity contribution in [2.45, 2.75) is 13.0 Å². The van der Waals surface area contributed by atoms with Gasteiger partial charge in [0.15, 0.2) is 0 Å². The Bertz CT molecular complexity index is 779. The first-order valence-corrected chi connectivity index (χ1v) is 6.99. The highest BCUT2D eigenvalue weighted by molar-refractivity contribution is 7.19. The smallest absolute Gasteiger partial charge is 0.126 e. The Morgan fingerprint density at radius 3 is 2.60 bits per heavy atom. The van der Waals surface area contributed by atoms with Gasteiger partial charge in [-0.3, -0.25) is 0 Å². The lowest BCUT2D eigenvalue weighted by Crippen LogP contribution is -1.98. The van der Waals surface area contributed by atoms with Gasteiger partial charge in [0.05, 0.1) is 0 Å². The zero-order valence-corrected chi connectivity index (χ0v) is 11.5. The van der Waals surface area contributed by atoms with Crippen LogP contribution in [0.2, 0.25) is 0 Å². The van der Waals surface area contributed by atoms with Gasteiger partial charge in [0.2, 0.25) is 0 Å². The van der Waals surface area contributed by atoms with Crippen LogP contribution in [0.25, 0.3) is 10.1 Å². The molecule has 3 rings (SSSR count). The third kappa shape index (κ3) is 2.32. The first-order chi connectivity index (χ1) is 9.54. The van der Waals surface area contributed by atoms with Crippen molar-refractivity contribution in [2.75, 3.05) is 0 Å². The van der Waals surface area contributed by atoms with E-state index in [1.807, 2.05) is 6.07 Å². The minimum Gasteiger partial charge on any atom is -0.383 e. The second-order valence-corrected chi connectivity index (χ2v) is 5.86. The molecule has 102 valence electrons. The van der Waals surface area contributed by atoms with Crippen LogP contribution >= 0.6 is 11.3 Å². The van der Waals surface area contributed by atoms with Crippen molar-refractivity contribution < 1.29 is 13.9 Å². The highest BCUT2D eigenvalue weighted by atomic mass is 32.1. The lowest BCUT2D eigenvalue weighted by molar-refractivity contribution is 0.223. The molecule has 0 fully saturated rings. The molecule has 0 bridgehead atoms. The summed E-state index contributed by atoms with van der Waals surface area (Å²) < 4.78 is 27.5. The van der Waals surface area contributed by atoms with Gasteiger partial charge in [-0.1, -0.05) is 18.2 Å². The predicted octanol–water partition coefficient (Wildman–Crippen LogP) is 4.57. The van der Waals surface area contributed by atoms with Gasteiger partial charge in [0.25, 0.3) is 0 Å². The molecule has 0 saturated heterocycles. The molecule has 0 aliphatic rings. The number of thiophene rings is 1. The zero-order valence-electron chi connectivity index (χ0n) is 10.7. The van der Waals surface area contributed by atoms with Crippen LogP contribution in [0.1, 0.15) is 22.1 Å². The number of aryl methyl sites for hydroxylation is 1. The van der Waals surface area contributed by atoms with Gasteiger partial charge in [-0.05, 0) is 47.7 Å². The summed E-state index contributed by atoms with van der Waals surface area (Å²) in [5.41, 5.74) is 1.04. The Kier molecular flexibility index (Phi) is 3.28. The summed E-state index contributed by atoms with van der Waals surface area (Å²) in [6, 6.07) is 11.0. The number of hydrogen-bond acceptors (Lipinski definition) is 2. The summed E-state index contributed by atoms with van der Waals surface area (Å²) in [7, 11) is 0. The normalized spacial score (nSPS) is 12.8. The first-order valence-electron chi connectivity index (χ1n) is 6.18. The van der Waals surface area contributed by atoms with Gasteiger partial charge < -0.3 is 5.11 Å². The van der Waals surface area contributed by atoms with Crippen molar-refractivity contribution in [3.05, 3.63) is 70.1 Å². The molecule has 0 aliphatic heterocycles. The molecule has 0 aliphatic carbocycles. The van der Waals surface area contributed by atoms with Crippen LogP contribution in [-0.2, 0) is 0 Å². The Hall–Kier alpha value is -1.78. The van der Waals surface area contributed by atoms with E-state index < -0.39 is 6.10 Å². The predicted molar refractivity (Wildman–Crippen MR) is 77.0 cm³/mol. The van der Waals surface area contributed by atoms with E-state index in [0.717, 1.165) is 10.1 Å². The average molecular weight is 290 g/mol. The molecule has 0 amide bonds. The summed E-state index contributed by atoms with van der Waals surface area (Å²) >= 11 is 1.31. The van der Waals surface area contributed by atoms with E-state index in [0.29, 0.717) is 16.0 Å². The van der Waals surface area contributed by atoms with Gasteiger partial charge in [-0.25, -0.2) is 8.78 Å². The van der Waals surface area contributed by atoms with E-state index in [1.54, 1.807) is 25.1 Å². The van der Waals surface area contributed by atoms with Crippen molar-refractivity contribution in [3.8, 4) is 0 Å². The number of fused-ring (bicyclic) bond motifs is 1. The number of halogens is 2. The minimum atomic E-state index is -0.898. The maximum Gasteiger partial charge on any atom is 0.126 e. The van der Waals surface area contributed by atoms with Crippen molar-refractivity contribution in [3.63, 3.8) is 0 Å². The van der Waals surface area contributed by atoms with Crippen LogP contribution in [0.4, 0.5) is 8.78 Å². The fraction of sp³-hybridized carbons (Fsp3) is 0.125. The Balaban J connectivity index is 2.02. The summed E-state index contributed by atoms with van der Waals surface area (Å²) in [4.78, 5) is 0.675. The highest BCUT2D eigenvalue weighted by Gasteiger charge is 2.15.